The standard InChI is InChI=1S/C16H23SSi.2ClH.Ti/c1-14-9-7-8-12-16(14,17-18(2,3)4)13-15-10-5-6-11-15;;;/h5,7-10H,6,12-13H2,1-4H3;2*1H;/q;;;+2/p-2. The van der Waals surface area contributed by atoms with E-state index in [0.717, 1.165) is 6.42 Å². The summed E-state index contributed by atoms with van der Waals surface area (Å²) >= 11 is 4.57. The third-order valence-corrected chi connectivity index (χ3v) is 9.12. The summed E-state index contributed by atoms with van der Waals surface area (Å²) in [4.78, 5) is 0. The number of halogens is 2. The topological polar surface area (TPSA) is 0 Å². The van der Waals surface area contributed by atoms with Crippen LogP contribution in [-0.4, -0.2) is 12.0 Å². The average molecular weight is 394 g/mol. The largest absolute Gasteiger partial charge is 1.00 e. The van der Waals surface area contributed by atoms with Gasteiger partial charge in [-0.2, -0.15) is 0 Å². The molecular weight excluding hydrogens is 371 g/mol. The molecule has 115 valence electrons. The van der Waals surface area contributed by atoms with Crippen LogP contribution in [0.4, 0.5) is 0 Å². The molecule has 2 aliphatic rings. The third kappa shape index (κ3) is 5.75. The molecule has 2 rings (SSSR count). The number of hydrogen-bond donors (Lipinski definition) is 0. The van der Waals surface area contributed by atoms with Gasteiger partial charge in [0, 0.05) is 0 Å². The smallest absolute Gasteiger partial charge is 1.00 e. The molecule has 0 heterocycles. The predicted molar refractivity (Wildman–Crippen MR) is 86.6 cm³/mol. The van der Waals surface area contributed by atoms with Crippen molar-refractivity contribution >= 4 is 18.4 Å². The van der Waals surface area contributed by atoms with Crippen molar-refractivity contribution < 1.29 is 45.2 Å². The SMILES string of the molecule is CC1=CC=CCC1(CC1=[C]([Ti+2])CC=C1)S[Si](C)(C)C.[Cl-].[Cl-]. The molecule has 0 radical (unpaired) electrons. The Morgan fingerprint density at radius 1 is 1.24 bits per heavy atom. The molecule has 0 aromatic heterocycles. The molecular formula is C16H23Cl2SSiTi. The number of allylic oxidation sites excluding steroid dienone is 7. The molecule has 0 bridgehead atoms. The van der Waals surface area contributed by atoms with Gasteiger partial charge in [0.05, 0.1) is 0 Å². The summed E-state index contributed by atoms with van der Waals surface area (Å²) < 4.78 is 1.88. The first-order valence-electron chi connectivity index (χ1n) is 6.97. The Labute approximate surface area is 158 Å². The Bertz CT molecular complexity index is 489. The van der Waals surface area contributed by atoms with E-state index in [1.54, 1.807) is 15.0 Å². The van der Waals surface area contributed by atoms with Crippen LogP contribution in [0.1, 0.15) is 26.2 Å². The molecule has 0 saturated heterocycles. The van der Waals surface area contributed by atoms with Crippen molar-refractivity contribution in [2.24, 2.45) is 0 Å². The first-order chi connectivity index (χ1) is 8.82. The van der Waals surface area contributed by atoms with Gasteiger partial charge in [0.15, 0.2) is 0 Å². The van der Waals surface area contributed by atoms with Gasteiger partial charge in [-0.15, -0.1) is 0 Å². The molecule has 1 unspecified atom stereocenters. The summed E-state index contributed by atoms with van der Waals surface area (Å²) in [7, 11) is -1.16. The molecule has 0 fully saturated rings. The van der Waals surface area contributed by atoms with Crippen LogP contribution in [0.25, 0.3) is 0 Å². The summed E-state index contributed by atoms with van der Waals surface area (Å²) in [5.41, 5.74) is 3.14. The number of rotatable bonds is 4. The van der Waals surface area contributed by atoms with E-state index in [1.807, 2.05) is 0 Å². The summed E-state index contributed by atoms with van der Waals surface area (Å²) in [5, 5.41) is 0. The average Bonchev–Trinajstić information content (AvgIpc) is 2.67. The van der Waals surface area contributed by atoms with E-state index in [2.05, 4.69) is 88.6 Å². The number of hydrogen-bond acceptors (Lipinski definition) is 1. The molecule has 5 heteroatoms. The van der Waals surface area contributed by atoms with E-state index < -0.39 is 7.22 Å². The van der Waals surface area contributed by atoms with Crippen LogP contribution in [0.2, 0.25) is 19.6 Å². The maximum absolute atomic E-state index is 2.47. The molecule has 0 amide bonds. The zero-order valence-corrected chi connectivity index (χ0v) is 18.1. The Morgan fingerprint density at radius 2 is 1.90 bits per heavy atom. The van der Waals surface area contributed by atoms with Crippen LogP contribution in [0.5, 0.6) is 0 Å². The van der Waals surface area contributed by atoms with E-state index in [-0.39, 0.29) is 24.8 Å². The molecule has 0 aromatic carbocycles. The molecule has 0 aromatic rings. The predicted octanol–water partition coefficient (Wildman–Crippen LogP) is -0.642. The van der Waals surface area contributed by atoms with Gasteiger partial charge in [-0.3, -0.25) is 0 Å². The maximum atomic E-state index is 2.47. The van der Waals surface area contributed by atoms with Gasteiger partial charge in [-0.25, -0.2) is 0 Å². The summed E-state index contributed by atoms with van der Waals surface area (Å²) in [6.45, 7) is 9.73. The summed E-state index contributed by atoms with van der Waals surface area (Å²) in [5.74, 6) is 0. The van der Waals surface area contributed by atoms with Crippen LogP contribution < -0.4 is 24.8 Å². The van der Waals surface area contributed by atoms with E-state index >= 15 is 0 Å². The second-order valence-electron chi connectivity index (χ2n) is 6.48. The van der Waals surface area contributed by atoms with E-state index in [1.165, 1.54) is 12.8 Å². The zero-order chi connectivity index (χ0) is 14.1. The van der Waals surface area contributed by atoms with Crippen molar-refractivity contribution in [3.63, 3.8) is 0 Å². The van der Waals surface area contributed by atoms with Gasteiger partial charge in [0.1, 0.15) is 0 Å². The third-order valence-electron chi connectivity index (χ3n) is 3.65. The van der Waals surface area contributed by atoms with Crippen molar-refractivity contribution in [2.75, 3.05) is 0 Å². The molecule has 0 aliphatic heterocycles. The molecule has 21 heavy (non-hydrogen) atoms. The fraction of sp³-hybridized carbons (Fsp3) is 0.500. The molecule has 2 aliphatic carbocycles. The first kappa shape index (κ1) is 21.8. The van der Waals surface area contributed by atoms with E-state index in [4.69, 9.17) is 0 Å². The van der Waals surface area contributed by atoms with Crippen LogP contribution >= 0.6 is 11.2 Å². The van der Waals surface area contributed by atoms with Crippen molar-refractivity contribution in [1.29, 1.82) is 0 Å². The monoisotopic (exact) mass is 393 g/mol. The van der Waals surface area contributed by atoms with Crippen LogP contribution in [0.15, 0.2) is 45.4 Å². The first-order valence-corrected chi connectivity index (χ1v) is 12.8. The fourth-order valence-corrected chi connectivity index (χ4v) is 9.49. The minimum atomic E-state index is -1.16. The molecule has 0 spiro atoms. The summed E-state index contributed by atoms with van der Waals surface area (Å²) in [6, 6.07) is 0. The fourth-order valence-electron chi connectivity index (χ4n) is 2.76. The molecule has 0 N–H and O–H groups in total. The van der Waals surface area contributed by atoms with Crippen molar-refractivity contribution in [1.82, 2.24) is 0 Å². The molecule has 0 saturated carbocycles. The summed E-state index contributed by atoms with van der Waals surface area (Å²) in [6.07, 6.45) is 15.1. The van der Waals surface area contributed by atoms with Gasteiger partial charge in [0.25, 0.3) is 0 Å². The van der Waals surface area contributed by atoms with Gasteiger partial charge in [-0.1, -0.05) is 0 Å². The van der Waals surface area contributed by atoms with Crippen molar-refractivity contribution in [2.45, 2.75) is 50.6 Å². The quantitative estimate of drug-likeness (QED) is 0.572. The molecule has 1 atom stereocenters. The second kappa shape index (κ2) is 8.61. The Kier molecular flexibility index (Phi) is 8.95. The molecule has 0 nitrogen and oxygen atoms in total. The van der Waals surface area contributed by atoms with Crippen molar-refractivity contribution in [3.8, 4) is 0 Å². The maximum Gasteiger partial charge on any atom is -1.00 e. The Balaban J connectivity index is 0.00000200. The van der Waals surface area contributed by atoms with Gasteiger partial charge in [0.2, 0.25) is 0 Å². The zero-order valence-electron chi connectivity index (χ0n) is 13.2. The second-order valence-corrected chi connectivity index (χ2v) is 16.9. The Morgan fingerprint density at radius 3 is 2.38 bits per heavy atom. The van der Waals surface area contributed by atoms with Crippen LogP contribution in [-0.2, 0) is 20.4 Å². The van der Waals surface area contributed by atoms with Crippen molar-refractivity contribution in [3.05, 3.63) is 45.4 Å². The minimum absolute atomic E-state index is 0. The van der Waals surface area contributed by atoms with E-state index in [9.17, 15) is 0 Å². The van der Waals surface area contributed by atoms with Gasteiger partial charge < -0.3 is 24.8 Å². The normalized spacial score (nSPS) is 24.6. The minimum Gasteiger partial charge on any atom is -1.00 e. The van der Waals surface area contributed by atoms with Gasteiger partial charge in [-0.05, 0) is 0 Å². The Hall–Kier alpha value is 0.821. The van der Waals surface area contributed by atoms with E-state index in [0.29, 0.717) is 4.75 Å². The van der Waals surface area contributed by atoms with Crippen LogP contribution in [0.3, 0.4) is 0 Å². The van der Waals surface area contributed by atoms with Crippen LogP contribution in [0, 0.1) is 0 Å². The van der Waals surface area contributed by atoms with Gasteiger partial charge >= 0.3 is 135 Å².